The number of aromatic nitrogens is 2. The van der Waals surface area contributed by atoms with Crippen molar-refractivity contribution in [3.8, 4) is 5.75 Å². The highest BCUT2D eigenvalue weighted by Gasteiger charge is 2.11. The lowest BCUT2D eigenvalue weighted by Gasteiger charge is -2.00. The smallest absolute Gasteiger partial charge is 0.339 e. The zero-order chi connectivity index (χ0) is 16.6. The van der Waals surface area contributed by atoms with E-state index >= 15 is 0 Å². The number of carbonyl (C=O) groups is 1. The molecule has 0 radical (unpaired) electrons. The molecule has 1 aromatic carbocycles. The topological polar surface area (TPSA) is 99.5 Å². The third kappa shape index (κ3) is 2.86. The molecular formula is C15H11ClN4O3. The third-order valence-corrected chi connectivity index (χ3v) is 3.42. The largest absolute Gasteiger partial charge is 0.507 e. The summed E-state index contributed by atoms with van der Waals surface area (Å²) in [5, 5.41) is 27.2. The number of fused-ring (bicyclic) bond motifs is 1. The molecule has 2 aromatic heterocycles. The Balaban J connectivity index is 2.04. The van der Waals surface area contributed by atoms with Gasteiger partial charge in [0, 0.05) is 6.20 Å². The highest BCUT2D eigenvalue weighted by molar-refractivity contribution is 6.30. The fraction of sp³-hybridized carbons (Fsp3) is 0.0667. The van der Waals surface area contributed by atoms with Gasteiger partial charge >= 0.3 is 5.97 Å². The first kappa shape index (κ1) is 15.0. The molecule has 23 heavy (non-hydrogen) atoms. The number of rotatable bonds is 3. The number of halogens is 1. The average molecular weight is 331 g/mol. The number of hydrogen-bond acceptors (Lipinski definition) is 5. The van der Waals surface area contributed by atoms with Crippen molar-refractivity contribution in [1.29, 1.82) is 0 Å². The van der Waals surface area contributed by atoms with Crippen LogP contribution in [0.4, 0.5) is 11.5 Å². The van der Waals surface area contributed by atoms with Gasteiger partial charge in [-0.2, -0.15) is 0 Å². The quantitative estimate of drug-likeness (QED) is 0.705. The summed E-state index contributed by atoms with van der Waals surface area (Å²) in [6.45, 7) is 1.79. The average Bonchev–Trinajstić information content (AvgIpc) is 2.81. The maximum absolute atomic E-state index is 11.0. The molecule has 0 unspecified atom stereocenters. The molecule has 2 heterocycles. The van der Waals surface area contributed by atoms with E-state index in [9.17, 15) is 9.90 Å². The van der Waals surface area contributed by atoms with Crippen molar-refractivity contribution in [3.05, 3.63) is 52.8 Å². The van der Waals surface area contributed by atoms with E-state index in [1.54, 1.807) is 29.7 Å². The SMILES string of the molecule is Cc1nc2ccc(Cl)cn2c1N=Nc1ccc(O)c(C(=O)O)c1. The molecule has 3 aromatic rings. The van der Waals surface area contributed by atoms with Crippen LogP contribution in [0.2, 0.25) is 5.02 Å². The van der Waals surface area contributed by atoms with Gasteiger partial charge in [0.15, 0.2) is 5.82 Å². The summed E-state index contributed by atoms with van der Waals surface area (Å²) in [5.74, 6) is -1.07. The molecule has 2 N–H and O–H groups in total. The van der Waals surface area contributed by atoms with Crippen molar-refractivity contribution in [2.45, 2.75) is 6.92 Å². The lowest BCUT2D eigenvalue weighted by Crippen LogP contribution is -1.95. The number of pyridine rings is 1. The maximum atomic E-state index is 11.0. The molecule has 0 saturated carbocycles. The van der Waals surface area contributed by atoms with Gasteiger partial charge < -0.3 is 10.2 Å². The number of benzene rings is 1. The van der Waals surface area contributed by atoms with Gasteiger partial charge in [-0.3, -0.25) is 4.40 Å². The predicted octanol–water partition coefficient (Wildman–Crippen LogP) is 4.12. The van der Waals surface area contributed by atoms with Crippen LogP contribution in [0.3, 0.4) is 0 Å². The van der Waals surface area contributed by atoms with Gasteiger partial charge in [-0.1, -0.05) is 11.6 Å². The minimum absolute atomic E-state index is 0.237. The Morgan fingerprint density at radius 2 is 2.04 bits per heavy atom. The van der Waals surface area contributed by atoms with Crippen LogP contribution in [-0.4, -0.2) is 25.6 Å². The van der Waals surface area contributed by atoms with E-state index in [0.717, 1.165) is 0 Å². The number of aryl methyl sites for hydroxylation is 1. The predicted molar refractivity (Wildman–Crippen MR) is 84.2 cm³/mol. The normalized spacial score (nSPS) is 11.4. The van der Waals surface area contributed by atoms with E-state index in [2.05, 4.69) is 15.2 Å². The molecule has 0 amide bonds. The molecule has 0 bridgehead atoms. The molecule has 0 aliphatic rings. The number of carboxylic acids is 1. The van der Waals surface area contributed by atoms with Crippen molar-refractivity contribution < 1.29 is 15.0 Å². The van der Waals surface area contributed by atoms with Crippen molar-refractivity contribution in [2.75, 3.05) is 0 Å². The number of carboxylic acid groups (broad SMARTS) is 1. The van der Waals surface area contributed by atoms with Crippen molar-refractivity contribution in [2.24, 2.45) is 10.2 Å². The number of aromatic carboxylic acids is 1. The number of aromatic hydroxyl groups is 1. The summed E-state index contributed by atoms with van der Waals surface area (Å²) in [4.78, 5) is 15.4. The van der Waals surface area contributed by atoms with Gasteiger partial charge in [-0.15, -0.1) is 10.2 Å². The summed E-state index contributed by atoms with van der Waals surface area (Å²) < 4.78 is 1.69. The van der Waals surface area contributed by atoms with E-state index in [1.807, 2.05) is 0 Å². The number of phenols is 1. The van der Waals surface area contributed by atoms with Crippen LogP contribution in [0.5, 0.6) is 5.75 Å². The summed E-state index contributed by atoms with van der Waals surface area (Å²) in [6, 6.07) is 7.46. The van der Waals surface area contributed by atoms with Crippen LogP contribution in [0, 0.1) is 6.92 Å². The van der Waals surface area contributed by atoms with Crippen molar-refractivity contribution >= 4 is 34.7 Å². The van der Waals surface area contributed by atoms with E-state index in [1.165, 1.54) is 18.2 Å². The first-order chi connectivity index (χ1) is 11.0. The zero-order valence-corrected chi connectivity index (χ0v) is 12.7. The van der Waals surface area contributed by atoms with Gasteiger partial charge in [0.1, 0.15) is 17.0 Å². The Kier molecular flexibility index (Phi) is 3.71. The van der Waals surface area contributed by atoms with Crippen LogP contribution in [0.15, 0.2) is 46.8 Å². The Morgan fingerprint density at radius 3 is 2.78 bits per heavy atom. The van der Waals surface area contributed by atoms with E-state index < -0.39 is 5.97 Å². The highest BCUT2D eigenvalue weighted by Crippen LogP contribution is 2.27. The molecule has 0 spiro atoms. The molecule has 0 aliphatic carbocycles. The zero-order valence-electron chi connectivity index (χ0n) is 11.9. The van der Waals surface area contributed by atoms with E-state index in [-0.39, 0.29) is 11.3 Å². The molecule has 0 atom stereocenters. The van der Waals surface area contributed by atoms with Gasteiger partial charge in [0.25, 0.3) is 0 Å². The standard InChI is InChI=1S/C15H11ClN4O3/c1-8-14(20-7-9(16)2-5-13(20)17-8)19-18-10-3-4-12(21)11(6-10)15(22)23/h2-7,21H,1H3,(H,22,23). The number of hydrogen-bond donors (Lipinski definition) is 2. The van der Waals surface area contributed by atoms with Crippen molar-refractivity contribution in [3.63, 3.8) is 0 Å². The van der Waals surface area contributed by atoms with E-state index in [0.29, 0.717) is 27.9 Å². The van der Waals surface area contributed by atoms with Gasteiger partial charge in [-0.25, -0.2) is 9.78 Å². The van der Waals surface area contributed by atoms with Crippen LogP contribution in [0.1, 0.15) is 16.1 Å². The lowest BCUT2D eigenvalue weighted by atomic mass is 10.2. The summed E-state index contributed by atoms with van der Waals surface area (Å²) in [5.41, 5.74) is 1.40. The van der Waals surface area contributed by atoms with Gasteiger partial charge in [0.05, 0.1) is 16.4 Å². The van der Waals surface area contributed by atoms with Gasteiger partial charge in [-0.05, 0) is 37.3 Å². The molecule has 0 saturated heterocycles. The molecule has 116 valence electrons. The first-order valence-corrected chi connectivity index (χ1v) is 6.96. The molecular weight excluding hydrogens is 320 g/mol. The van der Waals surface area contributed by atoms with Gasteiger partial charge in [0.2, 0.25) is 0 Å². The third-order valence-electron chi connectivity index (χ3n) is 3.20. The maximum Gasteiger partial charge on any atom is 0.339 e. The summed E-state index contributed by atoms with van der Waals surface area (Å²) in [7, 11) is 0. The second kappa shape index (κ2) is 5.69. The Labute approximate surface area is 135 Å². The Morgan fingerprint density at radius 1 is 1.26 bits per heavy atom. The Bertz CT molecular complexity index is 949. The van der Waals surface area contributed by atoms with Crippen LogP contribution in [-0.2, 0) is 0 Å². The van der Waals surface area contributed by atoms with Crippen LogP contribution < -0.4 is 0 Å². The van der Waals surface area contributed by atoms with Crippen LogP contribution in [0.25, 0.3) is 5.65 Å². The van der Waals surface area contributed by atoms with E-state index in [4.69, 9.17) is 16.7 Å². The number of nitrogens with zero attached hydrogens (tertiary/aromatic N) is 4. The molecule has 8 heteroatoms. The lowest BCUT2D eigenvalue weighted by molar-refractivity contribution is 0.0694. The molecule has 0 aliphatic heterocycles. The summed E-state index contributed by atoms with van der Waals surface area (Å²) in [6.07, 6.45) is 1.67. The first-order valence-electron chi connectivity index (χ1n) is 6.58. The van der Waals surface area contributed by atoms with Crippen molar-refractivity contribution in [1.82, 2.24) is 9.38 Å². The second-order valence-electron chi connectivity index (χ2n) is 4.80. The molecule has 7 nitrogen and oxygen atoms in total. The minimum atomic E-state index is -1.24. The monoisotopic (exact) mass is 330 g/mol. The fourth-order valence-corrected chi connectivity index (χ4v) is 2.27. The Hall–Kier alpha value is -2.93. The number of azo groups is 1. The highest BCUT2D eigenvalue weighted by atomic mass is 35.5. The van der Waals surface area contributed by atoms with Crippen LogP contribution >= 0.6 is 11.6 Å². The minimum Gasteiger partial charge on any atom is -0.507 e. The summed E-state index contributed by atoms with van der Waals surface area (Å²) >= 11 is 5.98. The molecule has 3 rings (SSSR count). The second-order valence-corrected chi connectivity index (χ2v) is 5.24. The fourth-order valence-electron chi connectivity index (χ4n) is 2.11. The number of imidazole rings is 1. The molecule has 0 fully saturated rings.